The van der Waals surface area contributed by atoms with Crippen molar-refractivity contribution >= 4 is 28.8 Å². The predicted molar refractivity (Wildman–Crippen MR) is 80.4 cm³/mol. The monoisotopic (exact) mass is 306 g/mol. The van der Waals surface area contributed by atoms with Crippen LogP contribution in [0.3, 0.4) is 0 Å². The number of aromatic nitrogens is 2. The molecule has 2 aromatic heterocycles. The molecule has 3 rings (SSSR count). The number of pyridine rings is 1. The Labute approximate surface area is 126 Å². The molecule has 20 heavy (non-hydrogen) atoms. The Hall–Kier alpha value is -1.55. The van der Waals surface area contributed by atoms with Gasteiger partial charge >= 0.3 is 0 Å². The fourth-order valence-corrected chi connectivity index (χ4v) is 2.78. The van der Waals surface area contributed by atoms with Gasteiger partial charge in [0.1, 0.15) is 0 Å². The summed E-state index contributed by atoms with van der Waals surface area (Å²) < 4.78 is 1.75. The van der Waals surface area contributed by atoms with Crippen LogP contribution < -0.4 is 0 Å². The third-order valence-corrected chi connectivity index (χ3v) is 3.67. The Balaban J connectivity index is 2.14. The maximum absolute atomic E-state index is 9.62. The minimum absolute atomic E-state index is 0.111. The predicted octanol–water partition coefficient (Wildman–Crippen LogP) is 3.72. The van der Waals surface area contributed by atoms with E-state index in [0.717, 1.165) is 11.3 Å². The van der Waals surface area contributed by atoms with Crippen molar-refractivity contribution < 1.29 is 5.11 Å². The van der Waals surface area contributed by atoms with Crippen molar-refractivity contribution in [3.05, 3.63) is 69.6 Å². The van der Waals surface area contributed by atoms with Gasteiger partial charge in [0.15, 0.2) is 5.65 Å². The van der Waals surface area contributed by atoms with Gasteiger partial charge < -0.3 is 5.11 Å². The van der Waals surface area contributed by atoms with Crippen molar-refractivity contribution in [1.29, 1.82) is 0 Å². The highest BCUT2D eigenvalue weighted by molar-refractivity contribution is 6.36. The van der Waals surface area contributed by atoms with Crippen LogP contribution in [0.25, 0.3) is 5.65 Å². The summed E-state index contributed by atoms with van der Waals surface area (Å²) in [6.45, 7) is -0.111. The summed E-state index contributed by atoms with van der Waals surface area (Å²) >= 11 is 12.2. The number of hydrogen-bond donors (Lipinski definition) is 1. The number of aliphatic hydroxyl groups is 1. The number of nitrogens with zero attached hydrogens (tertiary/aromatic N) is 2. The van der Waals surface area contributed by atoms with E-state index in [-0.39, 0.29) is 6.61 Å². The highest BCUT2D eigenvalue weighted by Crippen LogP contribution is 2.25. The van der Waals surface area contributed by atoms with E-state index < -0.39 is 0 Å². The molecule has 0 amide bonds. The van der Waals surface area contributed by atoms with Crippen molar-refractivity contribution in [3.8, 4) is 0 Å². The Bertz CT molecular complexity index is 753. The minimum atomic E-state index is -0.111. The highest BCUT2D eigenvalue weighted by atomic mass is 35.5. The zero-order valence-electron chi connectivity index (χ0n) is 10.6. The van der Waals surface area contributed by atoms with E-state index in [9.17, 15) is 5.11 Å². The van der Waals surface area contributed by atoms with Gasteiger partial charge in [0, 0.05) is 12.6 Å². The lowest BCUT2D eigenvalue weighted by molar-refractivity contribution is 0.274. The zero-order chi connectivity index (χ0) is 14.1. The van der Waals surface area contributed by atoms with Gasteiger partial charge in [-0.2, -0.15) is 0 Å². The van der Waals surface area contributed by atoms with Crippen molar-refractivity contribution in [2.75, 3.05) is 0 Å². The number of fused-ring (bicyclic) bond motifs is 1. The summed E-state index contributed by atoms with van der Waals surface area (Å²) in [6.07, 6.45) is 2.36. The molecule has 0 saturated carbocycles. The topological polar surface area (TPSA) is 37.5 Å². The van der Waals surface area contributed by atoms with Gasteiger partial charge in [-0.15, -0.1) is 0 Å². The van der Waals surface area contributed by atoms with Gasteiger partial charge in [0.2, 0.25) is 0 Å². The smallest absolute Gasteiger partial charge is 0.156 e. The summed E-state index contributed by atoms with van der Waals surface area (Å²) in [4.78, 5) is 4.53. The van der Waals surface area contributed by atoms with E-state index >= 15 is 0 Å². The molecule has 0 saturated heterocycles. The first-order valence-corrected chi connectivity index (χ1v) is 6.94. The molecule has 0 fully saturated rings. The summed E-state index contributed by atoms with van der Waals surface area (Å²) in [7, 11) is 0. The van der Waals surface area contributed by atoms with Crippen LogP contribution in [-0.2, 0) is 13.0 Å². The first kappa shape index (κ1) is 13.4. The number of hydrogen-bond acceptors (Lipinski definition) is 2. The third-order valence-electron chi connectivity index (χ3n) is 3.19. The van der Waals surface area contributed by atoms with Gasteiger partial charge in [0.25, 0.3) is 0 Å². The normalized spacial score (nSPS) is 11.2. The number of halogens is 2. The fourth-order valence-electron chi connectivity index (χ4n) is 2.27. The lowest BCUT2D eigenvalue weighted by Crippen LogP contribution is -1.97. The molecule has 1 N–H and O–H groups in total. The largest absolute Gasteiger partial charge is 0.390 e. The Morgan fingerprint density at radius 2 is 1.90 bits per heavy atom. The van der Waals surface area contributed by atoms with E-state index in [0.29, 0.717) is 27.8 Å². The van der Waals surface area contributed by atoms with Gasteiger partial charge in [-0.25, -0.2) is 4.98 Å². The van der Waals surface area contributed by atoms with E-state index in [1.165, 1.54) is 0 Å². The summed E-state index contributed by atoms with van der Waals surface area (Å²) in [5.74, 6) is 0. The first-order chi connectivity index (χ1) is 9.69. The molecule has 0 aliphatic carbocycles. The molecular weight excluding hydrogens is 295 g/mol. The summed E-state index contributed by atoms with van der Waals surface area (Å²) in [5, 5.41) is 10.6. The maximum Gasteiger partial charge on any atom is 0.156 e. The molecule has 0 unspecified atom stereocenters. The third kappa shape index (κ3) is 2.40. The molecule has 0 spiro atoms. The van der Waals surface area contributed by atoms with Crippen LogP contribution in [0.1, 0.15) is 17.0 Å². The second kappa shape index (κ2) is 5.44. The fraction of sp³-hybridized carbons (Fsp3) is 0.133. The SMILES string of the molecule is OCc1c(Cc2ccccc2)nc2c(Cl)cc(Cl)cn12. The molecule has 0 aliphatic heterocycles. The zero-order valence-corrected chi connectivity index (χ0v) is 12.1. The summed E-state index contributed by atoms with van der Waals surface area (Å²) in [5.41, 5.74) is 3.27. The van der Waals surface area contributed by atoms with Gasteiger partial charge in [-0.3, -0.25) is 4.40 Å². The molecule has 0 bridgehead atoms. The van der Waals surface area contributed by atoms with Crippen LogP contribution in [0.15, 0.2) is 42.6 Å². The number of benzene rings is 1. The second-order valence-corrected chi connectivity index (χ2v) is 5.37. The number of aliphatic hydroxyl groups excluding tert-OH is 1. The number of rotatable bonds is 3. The van der Waals surface area contributed by atoms with Gasteiger partial charge in [0.05, 0.1) is 28.0 Å². The molecule has 0 aliphatic rings. The minimum Gasteiger partial charge on any atom is -0.390 e. The van der Waals surface area contributed by atoms with Crippen LogP contribution in [0.5, 0.6) is 0 Å². The number of imidazole rings is 1. The van der Waals surface area contributed by atoms with Gasteiger partial charge in [-0.1, -0.05) is 53.5 Å². The average Bonchev–Trinajstić information content (AvgIpc) is 2.77. The molecule has 102 valence electrons. The molecule has 5 heteroatoms. The van der Waals surface area contributed by atoms with E-state index in [1.54, 1.807) is 16.7 Å². The van der Waals surface area contributed by atoms with Crippen LogP contribution >= 0.6 is 23.2 Å². The maximum atomic E-state index is 9.62. The molecular formula is C15H12Cl2N2O. The van der Waals surface area contributed by atoms with Crippen molar-refractivity contribution in [1.82, 2.24) is 9.38 Å². The molecule has 0 atom stereocenters. The molecule has 3 nitrogen and oxygen atoms in total. The lowest BCUT2D eigenvalue weighted by Gasteiger charge is -2.03. The Kier molecular flexibility index (Phi) is 3.66. The second-order valence-electron chi connectivity index (χ2n) is 4.53. The van der Waals surface area contributed by atoms with Crippen LogP contribution in [0, 0.1) is 0 Å². The van der Waals surface area contributed by atoms with Crippen molar-refractivity contribution in [3.63, 3.8) is 0 Å². The standard InChI is InChI=1S/C15H12Cl2N2O/c16-11-7-12(17)15-18-13(14(9-20)19(15)8-11)6-10-4-2-1-3-5-10/h1-5,7-8,20H,6,9H2. The van der Waals surface area contributed by atoms with Crippen LogP contribution in [0.2, 0.25) is 10.0 Å². The van der Waals surface area contributed by atoms with E-state index in [1.807, 2.05) is 30.3 Å². The Morgan fingerprint density at radius 3 is 2.60 bits per heavy atom. The van der Waals surface area contributed by atoms with Crippen LogP contribution in [0.4, 0.5) is 0 Å². The van der Waals surface area contributed by atoms with Crippen molar-refractivity contribution in [2.24, 2.45) is 0 Å². The summed E-state index contributed by atoms with van der Waals surface area (Å²) in [6, 6.07) is 11.6. The van der Waals surface area contributed by atoms with Crippen LogP contribution in [-0.4, -0.2) is 14.5 Å². The van der Waals surface area contributed by atoms with Crippen molar-refractivity contribution in [2.45, 2.75) is 13.0 Å². The highest BCUT2D eigenvalue weighted by Gasteiger charge is 2.14. The molecule has 0 radical (unpaired) electrons. The average molecular weight is 307 g/mol. The first-order valence-electron chi connectivity index (χ1n) is 6.18. The molecule has 2 heterocycles. The molecule has 3 aromatic rings. The Morgan fingerprint density at radius 1 is 1.15 bits per heavy atom. The quantitative estimate of drug-likeness (QED) is 0.800. The lowest BCUT2D eigenvalue weighted by atomic mass is 10.1. The van der Waals surface area contributed by atoms with E-state index in [2.05, 4.69) is 4.98 Å². The molecule has 1 aromatic carbocycles. The van der Waals surface area contributed by atoms with E-state index in [4.69, 9.17) is 23.2 Å². The van der Waals surface area contributed by atoms with Gasteiger partial charge in [-0.05, 0) is 11.6 Å².